The minimum Gasteiger partial charge on any atom is -0.378 e. The Bertz CT molecular complexity index is 158. The molecule has 3 nitrogen and oxygen atoms in total. The number of hydrogen-bond donors (Lipinski definition) is 2. The molecule has 0 aromatic heterocycles. The van der Waals surface area contributed by atoms with Crippen LogP contribution < -0.4 is 11.1 Å². The monoisotopic (exact) mass is 214 g/mol. The van der Waals surface area contributed by atoms with Gasteiger partial charge in [-0.1, -0.05) is 0 Å². The van der Waals surface area contributed by atoms with E-state index in [-0.39, 0.29) is 0 Å². The van der Waals surface area contributed by atoms with Crippen LogP contribution in [0.1, 0.15) is 39.5 Å². The highest BCUT2D eigenvalue weighted by molar-refractivity contribution is 4.80. The maximum Gasteiger partial charge on any atom is 0.0580 e. The van der Waals surface area contributed by atoms with Crippen molar-refractivity contribution in [3.8, 4) is 0 Å². The number of rotatable bonds is 8. The Hall–Kier alpha value is -0.120. The number of nitrogens with two attached hydrogens (primary N) is 1. The highest BCUT2D eigenvalue weighted by Crippen LogP contribution is 2.32. The van der Waals surface area contributed by atoms with E-state index in [1.807, 2.05) is 0 Å². The lowest BCUT2D eigenvalue weighted by Crippen LogP contribution is -2.35. The van der Waals surface area contributed by atoms with Crippen LogP contribution in [-0.2, 0) is 4.74 Å². The van der Waals surface area contributed by atoms with Gasteiger partial charge in [0.15, 0.2) is 0 Å². The SMILES string of the molecule is CCOC1CC(CCNC(C)CCN)C1. The maximum atomic E-state index is 5.54. The van der Waals surface area contributed by atoms with Crippen LogP contribution in [0.2, 0.25) is 0 Å². The van der Waals surface area contributed by atoms with Crippen LogP contribution in [0.4, 0.5) is 0 Å². The van der Waals surface area contributed by atoms with Crippen molar-refractivity contribution in [3.05, 3.63) is 0 Å². The zero-order valence-electron chi connectivity index (χ0n) is 10.2. The van der Waals surface area contributed by atoms with Gasteiger partial charge in [-0.15, -0.1) is 0 Å². The van der Waals surface area contributed by atoms with Gasteiger partial charge < -0.3 is 15.8 Å². The van der Waals surface area contributed by atoms with Crippen LogP contribution in [0, 0.1) is 5.92 Å². The van der Waals surface area contributed by atoms with Crippen LogP contribution in [0.5, 0.6) is 0 Å². The third kappa shape index (κ3) is 4.96. The van der Waals surface area contributed by atoms with E-state index in [4.69, 9.17) is 10.5 Å². The van der Waals surface area contributed by atoms with Crippen molar-refractivity contribution in [2.45, 2.75) is 51.7 Å². The molecule has 0 amide bonds. The van der Waals surface area contributed by atoms with E-state index in [0.29, 0.717) is 12.1 Å². The predicted octanol–water partition coefficient (Wildman–Crippen LogP) is 1.52. The third-order valence-electron chi connectivity index (χ3n) is 3.24. The van der Waals surface area contributed by atoms with Gasteiger partial charge in [0.25, 0.3) is 0 Å². The molecule has 0 aromatic rings. The molecule has 1 fully saturated rings. The first-order chi connectivity index (χ1) is 7.26. The first kappa shape index (κ1) is 12.9. The summed E-state index contributed by atoms with van der Waals surface area (Å²) in [6, 6.07) is 0.567. The standard InChI is InChI=1S/C12H26N2O/c1-3-15-12-8-11(9-12)5-7-14-10(2)4-6-13/h10-12,14H,3-9,13H2,1-2H3. The molecule has 0 saturated heterocycles. The van der Waals surface area contributed by atoms with Gasteiger partial charge >= 0.3 is 0 Å². The molecule has 3 heteroatoms. The van der Waals surface area contributed by atoms with Gasteiger partial charge in [-0.2, -0.15) is 0 Å². The van der Waals surface area contributed by atoms with Gasteiger partial charge in [-0.25, -0.2) is 0 Å². The Morgan fingerprint density at radius 3 is 2.80 bits per heavy atom. The normalized spacial score (nSPS) is 27.4. The summed E-state index contributed by atoms with van der Waals surface area (Å²) < 4.78 is 5.54. The van der Waals surface area contributed by atoms with E-state index < -0.39 is 0 Å². The fourth-order valence-electron chi connectivity index (χ4n) is 2.17. The Kier molecular flexibility index (Phi) is 6.22. The molecule has 1 aliphatic rings. The summed E-state index contributed by atoms with van der Waals surface area (Å²) in [4.78, 5) is 0. The molecule has 1 unspecified atom stereocenters. The Morgan fingerprint density at radius 2 is 2.20 bits per heavy atom. The summed E-state index contributed by atoms with van der Waals surface area (Å²) in [6.45, 7) is 7.05. The summed E-state index contributed by atoms with van der Waals surface area (Å²) in [5.74, 6) is 0.888. The molecule has 0 aliphatic heterocycles. The lowest BCUT2D eigenvalue weighted by Gasteiger charge is -2.35. The predicted molar refractivity (Wildman–Crippen MR) is 63.9 cm³/mol. The molecule has 1 aliphatic carbocycles. The minimum atomic E-state index is 0.557. The fourth-order valence-corrected chi connectivity index (χ4v) is 2.17. The van der Waals surface area contributed by atoms with Gasteiger partial charge in [0.05, 0.1) is 6.10 Å². The van der Waals surface area contributed by atoms with Gasteiger partial charge in [0, 0.05) is 12.6 Å². The molecule has 1 rings (SSSR count). The highest BCUT2D eigenvalue weighted by Gasteiger charge is 2.28. The average molecular weight is 214 g/mol. The topological polar surface area (TPSA) is 47.3 Å². The number of ether oxygens (including phenoxy) is 1. The zero-order valence-corrected chi connectivity index (χ0v) is 10.2. The number of nitrogens with one attached hydrogen (secondary N) is 1. The summed E-state index contributed by atoms with van der Waals surface area (Å²) >= 11 is 0. The maximum absolute atomic E-state index is 5.54. The second-order valence-electron chi connectivity index (χ2n) is 4.64. The van der Waals surface area contributed by atoms with Crippen molar-refractivity contribution >= 4 is 0 Å². The Labute approximate surface area is 93.8 Å². The fraction of sp³-hybridized carbons (Fsp3) is 1.00. The van der Waals surface area contributed by atoms with Crippen molar-refractivity contribution in [1.82, 2.24) is 5.32 Å². The van der Waals surface area contributed by atoms with E-state index in [1.54, 1.807) is 0 Å². The highest BCUT2D eigenvalue weighted by atomic mass is 16.5. The van der Waals surface area contributed by atoms with E-state index in [1.165, 1.54) is 19.3 Å². The zero-order chi connectivity index (χ0) is 11.1. The van der Waals surface area contributed by atoms with Crippen molar-refractivity contribution in [2.75, 3.05) is 19.7 Å². The summed E-state index contributed by atoms with van der Waals surface area (Å²) in [7, 11) is 0. The van der Waals surface area contributed by atoms with E-state index in [9.17, 15) is 0 Å². The Morgan fingerprint density at radius 1 is 1.47 bits per heavy atom. The van der Waals surface area contributed by atoms with Gasteiger partial charge in [0.2, 0.25) is 0 Å². The molecule has 0 spiro atoms. The molecular weight excluding hydrogens is 188 g/mol. The van der Waals surface area contributed by atoms with Crippen molar-refractivity contribution in [1.29, 1.82) is 0 Å². The smallest absolute Gasteiger partial charge is 0.0580 e. The molecule has 0 radical (unpaired) electrons. The average Bonchev–Trinajstić information content (AvgIpc) is 2.14. The van der Waals surface area contributed by atoms with Crippen LogP contribution in [0.15, 0.2) is 0 Å². The minimum absolute atomic E-state index is 0.557. The summed E-state index contributed by atoms with van der Waals surface area (Å²) in [5, 5.41) is 3.51. The van der Waals surface area contributed by atoms with Crippen molar-refractivity contribution in [2.24, 2.45) is 11.7 Å². The van der Waals surface area contributed by atoms with Gasteiger partial charge in [-0.05, 0) is 58.5 Å². The van der Waals surface area contributed by atoms with Gasteiger partial charge in [-0.3, -0.25) is 0 Å². The van der Waals surface area contributed by atoms with Crippen molar-refractivity contribution < 1.29 is 4.74 Å². The molecule has 90 valence electrons. The van der Waals surface area contributed by atoms with E-state index in [2.05, 4.69) is 19.2 Å². The van der Waals surface area contributed by atoms with E-state index >= 15 is 0 Å². The van der Waals surface area contributed by atoms with Crippen LogP contribution in [0.25, 0.3) is 0 Å². The second kappa shape index (κ2) is 7.20. The second-order valence-corrected chi connectivity index (χ2v) is 4.64. The molecular formula is C12H26N2O. The van der Waals surface area contributed by atoms with Crippen LogP contribution in [0.3, 0.4) is 0 Å². The van der Waals surface area contributed by atoms with Crippen LogP contribution in [-0.4, -0.2) is 31.8 Å². The molecule has 0 bridgehead atoms. The summed E-state index contributed by atoms with van der Waals surface area (Å²) in [5.41, 5.74) is 5.49. The molecule has 15 heavy (non-hydrogen) atoms. The molecule has 1 saturated carbocycles. The first-order valence-corrected chi connectivity index (χ1v) is 6.31. The van der Waals surface area contributed by atoms with Crippen molar-refractivity contribution in [3.63, 3.8) is 0 Å². The van der Waals surface area contributed by atoms with Gasteiger partial charge in [0.1, 0.15) is 0 Å². The number of hydrogen-bond acceptors (Lipinski definition) is 3. The molecule has 1 atom stereocenters. The lowest BCUT2D eigenvalue weighted by atomic mass is 9.80. The van der Waals surface area contributed by atoms with E-state index in [0.717, 1.165) is 32.0 Å². The lowest BCUT2D eigenvalue weighted by molar-refractivity contribution is -0.0264. The van der Waals surface area contributed by atoms with Crippen LogP contribution >= 0.6 is 0 Å². The largest absolute Gasteiger partial charge is 0.378 e. The quantitative estimate of drug-likeness (QED) is 0.644. The Balaban J connectivity index is 1.90. The molecule has 0 heterocycles. The summed E-state index contributed by atoms with van der Waals surface area (Å²) in [6.07, 6.45) is 5.45. The molecule has 3 N–H and O–H groups in total. The third-order valence-corrected chi connectivity index (χ3v) is 3.24. The first-order valence-electron chi connectivity index (χ1n) is 6.31. The molecule has 0 aromatic carbocycles.